The van der Waals surface area contributed by atoms with Crippen molar-refractivity contribution in [2.75, 3.05) is 13.1 Å². The third-order valence-electron chi connectivity index (χ3n) is 3.88. The van der Waals surface area contributed by atoms with Gasteiger partial charge in [-0.2, -0.15) is 4.98 Å². The molecule has 0 spiro atoms. The molecule has 1 fully saturated rings. The number of rotatable bonds is 4. The maximum atomic E-state index is 10.4. The minimum absolute atomic E-state index is 0.111. The lowest BCUT2D eigenvalue weighted by Gasteiger charge is -2.25. The van der Waals surface area contributed by atoms with E-state index in [-0.39, 0.29) is 6.04 Å². The first-order chi connectivity index (χ1) is 10.1. The molecule has 0 amide bonds. The molecule has 2 aromatic rings. The zero-order valence-electron chi connectivity index (χ0n) is 11.9. The summed E-state index contributed by atoms with van der Waals surface area (Å²) in [5.41, 5.74) is 0.758. The average Bonchev–Trinajstić information content (AvgIpc) is 3.08. The molecule has 1 aliphatic heterocycles. The molecular weight excluding hydrogens is 290 g/mol. The van der Waals surface area contributed by atoms with Crippen LogP contribution in [0.3, 0.4) is 0 Å². The predicted molar refractivity (Wildman–Crippen MR) is 79.0 cm³/mol. The Kier molecular flexibility index (Phi) is 4.24. The van der Waals surface area contributed by atoms with E-state index in [1.807, 2.05) is 18.2 Å². The van der Waals surface area contributed by atoms with Crippen molar-refractivity contribution in [3.63, 3.8) is 0 Å². The van der Waals surface area contributed by atoms with Gasteiger partial charge in [-0.25, -0.2) is 0 Å². The first-order valence-corrected chi connectivity index (χ1v) is 7.49. The number of β-amino-alcohol motifs (C(OH)–C–C–N with tert-alkyl or cyclic N) is 1. The van der Waals surface area contributed by atoms with Gasteiger partial charge in [-0.15, -0.1) is 0 Å². The molecule has 2 atom stereocenters. The Morgan fingerprint density at radius 1 is 1.48 bits per heavy atom. The SMILES string of the molecule is Cc1nc([C@H]2CCCN2C[C@H](O)c2ccccc2Cl)no1. The molecule has 1 N–H and O–H groups in total. The van der Waals surface area contributed by atoms with Crippen molar-refractivity contribution in [2.24, 2.45) is 0 Å². The molecule has 1 aromatic heterocycles. The van der Waals surface area contributed by atoms with Crippen LogP contribution in [0, 0.1) is 6.92 Å². The Bertz CT molecular complexity index is 616. The van der Waals surface area contributed by atoms with Crippen LogP contribution in [0.15, 0.2) is 28.8 Å². The van der Waals surface area contributed by atoms with E-state index in [0.717, 1.165) is 24.9 Å². The van der Waals surface area contributed by atoms with Crippen LogP contribution in [0.5, 0.6) is 0 Å². The van der Waals surface area contributed by atoms with E-state index in [4.69, 9.17) is 16.1 Å². The van der Waals surface area contributed by atoms with E-state index in [0.29, 0.717) is 23.3 Å². The predicted octanol–water partition coefficient (Wildman–Crippen LogP) is 2.90. The lowest BCUT2D eigenvalue weighted by molar-refractivity contribution is 0.103. The molecule has 0 bridgehead atoms. The lowest BCUT2D eigenvalue weighted by Crippen LogP contribution is -2.29. The third-order valence-corrected chi connectivity index (χ3v) is 4.22. The number of aliphatic hydroxyl groups excluding tert-OH is 1. The average molecular weight is 308 g/mol. The van der Waals surface area contributed by atoms with Gasteiger partial charge in [0, 0.05) is 24.1 Å². The minimum atomic E-state index is -0.618. The topological polar surface area (TPSA) is 62.4 Å². The molecule has 6 heteroatoms. The maximum Gasteiger partial charge on any atom is 0.223 e. The highest BCUT2D eigenvalue weighted by Crippen LogP contribution is 2.33. The molecular formula is C15H18ClN3O2. The second kappa shape index (κ2) is 6.13. The number of aromatic nitrogens is 2. The van der Waals surface area contributed by atoms with E-state index < -0.39 is 6.10 Å². The zero-order valence-corrected chi connectivity index (χ0v) is 12.6. The molecule has 1 aliphatic rings. The van der Waals surface area contributed by atoms with Gasteiger partial charge >= 0.3 is 0 Å². The van der Waals surface area contributed by atoms with Gasteiger partial charge in [0.25, 0.3) is 0 Å². The second-order valence-electron chi connectivity index (χ2n) is 5.36. The molecule has 2 heterocycles. The summed E-state index contributed by atoms with van der Waals surface area (Å²) >= 11 is 6.14. The number of aliphatic hydroxyl groups is 1. The smallest absolute Gasteiger partial charge is 0.223 e. The fourth-order valence-corrected chi connectivity index (χ4v) is 3.11. The highest BCUT2D eigenvalue weighted by Gasteiger charge is 2.31. The van der Waals surface area contributed by atoms with Gasteiger partial charge in [-0.1, -0.05) is 35.0 Å². The van der Waals surface area contributed by atoms with Crippen LogP contribution in [0.1, 0.15) is 42.3 Å². The van der Waals surface area contributed by atoms with E-state index in [9.17, 15) is 5.11 Å². The van der Waals surface area contributed by atoms with Gasteiger partial charge in [0.05, 0.1) is 12.1 Å². The molecule has 112 valence electrons. The largest absolute Gasteiger partial charge is 0.387 e. The summed E-state index contributed by atoms with van der Waals surface area (Å²) in [6, 6.07) is 7.51. The first kappa shape index (κ1) is 14.5. The van der Waals surface area contributed by atoms with Crippen LogP contribution in [-0.2, 0) is 0 Å². The van der Waals surface area contributed by atoms with Gasteiger partial charge in [0.1, 0.15) is 0 Å². The molecule has 0 radical (unpaired) electrons. The number of hydrogen-bond acceptors (Lipinski definition) is 5. The Morgan fingerprint density at radius 3 is 3.00 bits per heavy atom. The summed E-state index contributed by atoms with van der Waals surface area (Å²) in [5, 5.41) is 15.0. The lowest BCUT2D eigenvalue weighted by atomic mass is 10.1. The van der Waals surface area contributed by atoms with Crippen molar-refractivity contribution in [2.45, 2.75) is 31.9 Å². The van der Waals surface area contributed by atoms with Crippen molar-refractivity contribution >= 4 is 11.6 Å². The summed E-state index contributed by atoms with van der Waals surface area (Å²) in [7, 11) is 0. The standard InChI is InChI=1S/C15H18ClN3O2/c1-10-17-15(18-21-10)13-7-4-8-19(13)9-14(20)11-5-2-3-6-12(11)16/h2-3,5-6,13-14,20H,4,7-9H2,1H3/t13-,14+/m1/s1. The van der Waals surface area contributed by atoms with E-state index in [1.54, 1.807) is 13.0 Å². The van der Waals surface area contributed by atoms with Gasteiger partial charge in [0.2, 0.25) is 5.89 Å². The van der Waals surface area contributed by atoms with Crippen LogP contribution in [0.25, 0.3) is 0 Å². The maximum absolute atomic E-state index is 10.4. The van der Waals surface area contributed by atoms with Crippen LogP contribution >= 0.6 is 11.6 Å². The molecule has 1 aromatic carbocycles. The molecule has 0 saturated carbocycles. The quantitative estimate of drug-likeness (QED) is 0.941. The second-order valence-corrected chi connectivity index (χ2v) is 5.77. The van der Waals surface area contributed by atoms with Crippen molar-refractivity contribution in [1.29, 1.82) is 0 Å². The summed E-state index contributed by atoms with van der Waals surface area (Å²) in [4.78, 5) is 6.51. The van der Waals surface area contributed by atoms with Crippen molar-refractivity contribution in [3.8, 4) is 0 Å². The van der Waals surface area contributed by atoms with Crippen molar-refractivity contribution < 1.29 is 9.63 Å². The third kappa shape index (κ3) is 3.10. The first-order valence-electron chi connectivity index (χ1n) is 7.12. The minimum Gasteiger partial charge on any atom is -0.387 e. The molecule has 1 saturated heterocycles. The Balaban J connectivity index is 1.73. The van der Waals surface area contributed by atoms with Crippen molar-refractivity contribution in [3.05, 3.63) is 46.6 Å². The molecule has 21 heavy (non-hydrogen) atoms. The normalized spacial score (nSPS) is 20.8. The summed E-state index contributed by atoms with van der Waals surface area (Å²) in [6.07, 6.45) is 1.43. The van der Waals surface area contributed by atoms with E-state index in [2.05, 4.69) is 15.0 Å². The van der Waals surface area contributed by atoms with E-state index in [1.165, 1.54) is 0 Å². The monoisotopic (exact) mass is 307 g/mol. The van der Waals surface area contributed by atoms with E-state index >= 15 is 0 Å². The molecule has 3 rings (SSSR count). The Labute approximate surface area is 128 Å². The molecule has 5 nitrogen and oxygen atoms in total. The number of hydrogen-bond donors (Lipinski definition) is 1. The fourth-order valence-electron chi connectivity index (χ4n) is 2.85. The Morgan fingerprint density at radius 2 is 2.29 bits per heavy atom. The number of halogens is 1. The summed E-state index contributed by atoms with van der Waals surface area (Å²) in [6.45, 7) is 3.22. The van der Waals surface area contributed by atoms with Gasteiger partial charge in [-0.3, -0.25) is 4.90 Å². The summed E-state index contributed by atoms with van der Waals surface area (Å²) in [5.74, 6) is 1.28. The van der Waals surface area contributed by atoms with Crippen LogP contribution in [-0.4, -0.2) is 33.2 Å². The zero-order chi connectivity index (χ0) is 14.8. The number of likely N-dealkylation sites (tertiary alicyclic amines) is 1. The fraction of sp³-hybridized carbons (Fsp3) is 0.467. The Hall–Kier alpha value is -1.43. The summed E-state index contributed by atoms with van der Waals surface area (Å²) < 4.78 is 5.06. The highest BCUT2D eigenvalue weighted by atomic mass is 35.5. The number of aryl methyl sites for hydroxylation is 1. The number of benzene rings is 1. The van der Waals surface area contributed by atoms with Crippen LogP contribution in [0.2, 0.25) is 5.02 Å². The van der Waals surface area contributed by atoms with Crippen LogP contribution < -0.4 is 0 Å². The van der Waals surface area contributed by atoms with Crippen LogP contribution in [0.4, 0.5) is 0 Å². The highest BCUT2D eigenvalue weighted by molar-refractivity contribution is 6.31. The van der Waals surface area contributed by atoms with Gasteiger partial charge < -0.3 is 9.63 Å². The molecule has 0 aliphatic carbocycles. The van der Waals surface area contributed by atoms with Crippen molar-refractivity contribution in [1.82, 2.24) is 15.0 Å². The number of nitrogens with zero attached hydrogens (tertiary/aromatic N) is 3. The van der Waals surface area contributed by atoms with Gasteiger partial charge in [-0.05, 0) is 25.5 Å². The molecule has 0 unspecified atom stereocenters. The van der Waals surface area contributed by atoms with Gasteiger partial charge in [0.15, 0.2) is 5.82 Å².